The minimum absolute atomic E-state index is 0.999. The number of ether oxygens (including phenoxy) is 1. The first kappa shape index (κ1) is 15.9. The van der Waals surface area contributed by atoms with Crippen LogP contribution < -0.4 is 4.74 Å². The molecule has 0 spiro atoms. The third-order valence-corrected chi connectivity index (χ3v) is 6.55. The number of hydrogen-bond acceptors (Lipinski definition) is 1. The topological polar surface area (TPSA) is 9.23 Å². The molecule has 0 bridgehead atoms. The van der Waals surface area contributed by atoms with E-state index in [1.54, 1.807) is 7.11 Å². The molecular weight excluding hydrogens is 340 g/mol. The van der Waals surface area contributed by atoms with Crippen LogP contribution in [-0.4, -0.2) is 7.11 Å². The summed E-state index contributed by atoms with van der Waals surface area (Å²) >= 11 is 0. The van der Waals surface area contributed by atoms with Crippen LogP contribution in [0.4, 0.5) is 0 Å². The minimum atomic E-state index is 0.999. The van der Waals surface area contributed by atoms with Crippen molar-refractivity contribution in [1.82, 2.24) is 0 Å². The smallest absolute Gasteiger partial charge is 0.126 e. The van der Waals surface area contributed by atoms with Crippen molar-refractivity contribution in [3.05, 3.63) is 89.0 Å². The van der Waals surface area contributed by atoms with Crippen molar-refractivity contribution in [2.24, 2.45) is 0 Å². The molecule has 0 aliphatic heterocycles. The van der Waals surface area contributed by atoms with Crippen LogP contribution >= 0.6 is 0 Å². The van der Waals surface area contributed by atoms with Gasteiger partial charge < -0.3 is 4.74 Å². The molecule has 0 unspecified atom stereocenters. The zero-order chi connectivity index (χ0) is 18.7. The predicted molar refractivity (Wildman–Crippen MR) is 116 cm³/mol. The number of fused-ring (bicyclic) bond motifs is 9. The molecule has 0 N–H and O–H groups in total. The monoisotopic (exact) mass is 362 g/mol. The summed E-state index contributed by atoms with van der Waals surface area (Å²) in [5.41, 5.74) is 11.4. The Labute approximate surface area is 165 Å². The number of rotatable bonds is 1. The molecule has 2 aliphatic carbocycles. The van der Waals surface area contributed by atoms with Gasteiger partial charge in [0, 0.05) is 5.56 Å². The van der Waals surface area contributed by atoms with Crippen molar-refractivity contribution >= 4 is 10.8 Å². The Morgan fingerprint density at radius 2 is 1.14 bits per heavy atom. The van der Waals surface area contributed by atoms with Crippen molar-refractivity contribution in [2.45, 2.75) is 25.7 Å². The Balaban J connectivity index is 1.77. The van der Waals surface area contributed by atoms with Gasteiger partial charge in [-0.25, -0.2) is 0 Å². The van der Waals surface area contributed by atoms with Gasteiger partial charge in [0.1, 0.15) is 5.75 Å². The molecule has 0 saturated carbocycles. The highest BCUT2D eigenvalue weighted by Crippen LogP contribution is 2.50. The van der Waals surface area contributed by atoms with E-state index in [-0.39, 0.29) is 0 Å². The molecule has 1 nitrogen and oxygen atoms in total. The lowest BCUT2D eigenvalue weighted by Crippen LogP contribution is -2.12. The molecule has 0 radical (unpaired) electrons. The SMILES string of the molecule is COc1cccc2c1-c1c(ccc3c1-c1c(ccc4ccccc14)CC3)CC2. The molecule has 136 valence electrons. The quantitative estimate of drug-likeness (QED) is 0.382. The van der Waals surface area contributed by atoms with Crippen LogP contribution in [0.25, 0.3) is 33.0 Å². The molecule has 0 amide bonds. The average Bonchev–Trinajstić information content (AvgIpc) is 2.77. The summed E-state index contributed by atoms with van der Waals surface area (Å²) in [6.07, 6.45) is 4.41. The largest absolute Gasteiger partial charge is 0.496 e. The van der Waals surface area contributed by atoms with Crippen LogP contribution in [-0.2, 0) is 25.7 Å². The van der Waals surface area contributed by atoms with Gasteiger partial charge in [0.05, 0.1) is 7.11 Å². The molecule has 0 saturated heterocycles. The third kappa shape index (κ3) is 2.13. The van der Waals surface area contributed by atoms with Crippen LogP contribution in [0.2, 0.25) is 0 Å². The van der Waals surface area contributed by atoms with Gasteiger partial charge in [-0.3, -0.25) is 0 Å². The normalized spacial score (nSPS) is 14.0. The fourth-order valence-electron chi connectivity index (χ4n) is 5.27. The van der Waals surface area contributed by atoms with Crippen molar-refractivity contribution in [3.8, 4) is 28.0 Å². The molecule has 0 atom stereocenters. The fourth-order valence-corrected chi connectivity index (χ4v) is 5.27. The Hall–Kier alpha value is -3.06. The van der Waals surface area contributed by atoms with Gasteiger partial charge in [-0.15, -0.1) is 0 Å². The molecule has 0 fully saturated rings. The van der Waals surface area contributed by atoms with E-state index in [2.05, 4.69) is 66.7 Å². The van der Waals surface area contributed by atoms with E-state index >= 15 is 0 Å². The maximum Gasteiger partial charge on any atom is 0.126 e. The Morgan fingerprint density at radius 3 is 1.89 bits per heavy atom. The van der Waals surface area contributed by atoms with E-state index in [1.807, 2.05) is 0 Å². The number of methoxy groups -OCH3 is 1. The molecular formula is C27H22O. The second-order valence-corrected chi connectivity index (χ2v) is 7.95. The minimum Gasteiger partial charge on any atom is -0.496 e. The van der Waals surface area contributed by atoms with E-state index in [0.717, 1.165) is 31.4 Å². The third-order valence-electron chi connectivity index (χ3n) is 6.55. The van der Waals surface area contributed by atoms with Crippen molar-refractivity contribution in [3.63, 3.8) is 0 Å². The maximum absolute atomic E-state index is 5.84. The van der Waals surface area contributed by atoms with Crippen LogP contribution in [0, 0.1) is 0 Å². The predicted octanol–water partition coefficient (Wildman–Crippen LogP) is 6.38. The van der Waals surface area contributed by atoms with E-state index in [0.29, 0.717) is 0 Å². The number of benzene rings is 4. The van der Waals surface area contributed by atoms with E-state index in [9.17, 15) is 0 Å². The summed E-state index contributed by atoms with van der Waals surface area (Å²) in [6.45, 7) is 0. The molecule has 4 aromatic carbocycles. The Bertz CT molecular complexity index is 1230. The van der Waals surface area contributed by atoms with Gasteiger partial charge in [-0.1, -0.05) is 60.7 Å². The highest BCUT2D eigenvalue weighted by Gasteiger charge is 2.28. The van der Waals surface area contributed by atoms with Crippen LogP contribution in [0.3, 0.4) is 0 Å². The maximum atomic E-state index is 5.84. The summed E-state index contributed by atoms with van der Waals surface area (Å²) in [6, 6.07) is 24.7. The number of aryl methyl sites for hydroxylation is 4. The van der Waals surface area contributed by atoms with Crippen LogP contribution in [0.15, 0.2) is 66.7 Å². The van der Waals surface area contributed by atoms with Gasteiger partial charge >= 0.3 is 0 Å². The van der Waals surface area contributed by atoms with Crippen molar-refractivity contribution in [1.29, 1.82) is 0 Å². The van der Waals surface area contributed by atoms with Gasteiger partial charge in [0.25, 0.3) is 0 Å². The van der Waals surface area contributed by atoms with E-state index < -0.39 is 0 Å². The molecule has 0 aromatic heterocycles. The summed E-state index contributed by atoms with van der Waals surface area (Å²) in [5.74, 6) is 0.999. The highest BCUT2D eigenvalue weighted by molar-refractivity contribution is 6.05. The summed E-state index contributed by atoms with van der Waals surface area (Å²) in [4.78, 5) is 0. The molecule has 4 aromatic rings. The fraction of sp³-hybridized carbons (Fsp3) is 0.185. The standard InChI is InChI=1S/C27H22O/c1-28-23-8-4-6-18-11-13-21-16-15-20-14-12-19-10-9-17-5-2-3-7-22(17)24(19)26(20)27(21)25(18)23/h2-10,15-16H,11-14H2,1H3. The van der Waals surface area contributed by atoms with Crippen molar-refractivity contribution in [2.75, 3.05) is 7.11 Å². The summed E-state index contributed by atoms with van der Waals surface area (Å²) in [7, 11) is 1.79. The first-order chi connectivity index (χ1) is 13.8. The lowest BCUT2D eigenvalue weighted by molar-refractivity contribution is 0.415. The number of hydrogen-bond donors (Lipinski definition) is 0. The lowest BCUT2D eigenvalue weighted by Gasteiger charge is -2.30. The second-order valence-electron chi connectivity index (χ2n) is 7.95. The van der Waals surface area contributed by atoms with Crippen LogP contribution in [0.5, 0.6) is 5.75 Å². The van der Waals surface area contributed by atoms with Crippen molar-refractivity contribution < 1.29 is 4.74 Å². The van der Waals surface area contributed by atoms with Crippen LogP contribution in [0.1, 0.15) is 22.3 Å². The zero-order valence-corrected chi connectivity index (χ0v) is 16.1. The summed E-state index contributed by atoms with van der Waals surface area (Å²) in [5, 5.41) is 2.69. The highest BCUT2D eigenvalue weighted by atomic mass is 16.5. The molecule has 6 rings (SSSR count). The molecule has 0 heterocycles. The van der Waals surface area contributed by atoms with Gasteiger partial charge in [-0.05, 0) is 81.5 Å². The van der Waals surface area contributed by atoms with Gasteiger partial charge in [0.2, 0.25) is 0 Å². The Kier molecular flexibility index (Phi) is 3.40. The lowest BCUT2D eigenvalue weighted by atomic mass is 9.74. The van der Waals surface area contributed by atoms with Gasteiger partial charge in [-0.2, -0.15) is 0 Å². The first-order valence-electron chi connectivity index (χ1n) is 10.2. The van der Waals surface area contributed by atoms with Gasteiger partial charge in [0.15, 0.2) is 0 Å². The molecule has 28 heavy (non-hydrogen) atoms. The molecule has 1 heteroatoms. The first-order valence-corrected chi connectivity index (χ1v) is 10.2. The Morgan fingerprint density at radius 1 is 0.536 bits per heavy atom. The van der Waals surface area contributed by atoms with E-state index in [1.165, 1.54) is 55.3 Å². The average molecular weight is 362 g/mol. The zero-order valence-electron chi connectivity index (χ0n) is 16.1. The summed E-state index contributed by atoms with van der Waals surface area (Å²) < 4.78 is 5.84. The second kappa shape index (κ2) is 5.97. The van der Waals surface area contributed by atoms with E-state index in [4.69, 9.17) is 4.74 Å². The molecule has 2 aliphatic rings.